The molecule has 1 aliphatic carbocycles. The molecule has 0 aromatic heterocycles. The van der Waals surface area contributed by atoms with Crippen LogP contribution in [0.4, 0.5) is 0 Å². The summed E-state index contributed by atoms with van der Waals surface area (Å²) >= 11 is 0. The van der Waals surface area contributed by atoms with E-state index in [1.54, 1.807) is 0 Å². The summed E-state index contributed by atoms with van der Waals surface area (Å²) in [6.07, 6.45) is 7.25. The average Bonchev–Trinajstić information content (AvgIpc) is 3.04. The summed E-state index contributed by atoms with van der Waals surface area (Å²) in [5, 5.41) is 49.6. The van der Waals surface area contributed by atoms with Crippen molar-refractivity contribution in [2.24, 2.45) is 0 Å². The number of carbonyl (C=O) groups excluding carboxylic acids is 2. The second-order valence-electron chi connectivity index (χ2n) is 12.7. The van der Waals surface area contributed by atoms with Gasteiger partial charge in [-0.3, -0.25) is 18.6 Å². The molecule has 6 N–H and O–H groups in total. The molecule has 0 aromatic rings. The molecular weight excluding hydrogens is 635 g/mol. The largest absolute Gasteiger partial charge is 0.472 e. The van der Waals surface area contributed by atoms with Crippen LogP contribution in [-0.2, 0) is 32.7 Å². The molecule has 1 rings (SSSR count). The fourth-order valence-electron chi connectivity index (χ4n) is 5.46. The Morgan fingerprint density at radius 3 is 1.45 bits per heavy atom. The number of rotatable bonds is 28. The summed E-state index contributed by atoms with van der Waals surface area (Å²) in [5.41, 5.74) is 0. The molecule has 0 aliphatic heterocycles. The van der Waals surface area contributed by atoms with Crippen molar-refractivity contribution in [2.45, 2.75) is 185 Å². The molecule has 6 unspecified atom stereocenters. The number of aliphatic hydroxyl groups excluding tert-OH is 5. The minimum atomic E-state index is -5.08. The van der Waals surface area contributed by atoms with Gasteiger partial charge in [-0.1, -0.05) is 117 Å². The number of hydrogen-bond donors (Lipinski definition) is 6. The molecule has 0 aromatic carbocycles. The Bertz CT molecular complexity index is 859. The molecule has 0 heterocycles. The molecule has 0 amide bonds. The molecule has 1 aliphatic rings. The van der Waals surface area contributed by atoms with E-state index in [0.29, 0.717) is 12.8 Å². The van der Waals surface area contributed by atoms with E-state index in [0.717, 1.165) is 32.1 Å². The van der Waals surface area contributed by atoms with Gasteiger partial charge in [-0.15, -0.1) is 0 Å². The maximum atomic E-state index is 12.6. The zero-order valence-electron chi connectivity index (χ0n) is 28.6. The number of unbranched alkanes of at least 4 members (excludes halogenated alkanes) is 16. The highest BCUT2D eigenvalue weighted by Crippen LogP contribution is 2.47. The van der Waals surface area contributed by atoms with E-state index in [-0.39, 0.29) is 12.8 Å². The van der Waals surface area contributed by atoms with Gasteiger partial charge in [-0.2, -0.15) is 0 Å². The standard InChI is InChI=1S/C33H63O13P/c1-3-5-7-8-9-10-11-12-13-14-15-16-17-18-20-22-27(35)45-25(23-43-26(34)21-19-6-4-2)24-44-47(41,42)46-33-31(39)29(37)28(36)30(38)32(33)40/h25,28-33,36-40H,3-24H2,1-2H3,(H,41,42). The first-order valence-electron chi connectivity index (χ1n) is 17.8. The maximum Gasteiger partial charge on any atom is 0.472 e. The van der Waals surface area contributed by atoms with Crippen molar-refractivity contribution < 1.29 is 63.1 Å². The maximum absolute atomic E-state index is 12.6. The van der Waals surface area contributed by atoms with E-state index in [9.17, 15) is 44.6 Å². The van der Waals surface area contributed by atoms with Crippen molar-refractivity contribution in [3.63, 3.8) is 0 Å². The molecule has 1 saturated carbocycles. The lowest BCUT2D eigenvalue weighted by Gasteiger charge is -2.41. The second-order valence-corrected chi connectivity index (χ2v) is 14.1. The summed E-state index contributed by atoms with van der Waals surface area (Å²) in [4.78, 5) is 34.9. The SMILES string of the molecule is CCCCCCCCCCCCCCCCCC(=O)OC(COC(=O)CCCCC)COP(=O)(O)OC1C(O)C(O)C(O)C(O)C1O. The third-order valence-corrected chi connectivity index (χ3v) is 9.43. The Morgan fingerprint density at radius 2 is 0.957 bits per heavy atom. The van der Waals surface area contributed by atoms with Gasteiger partial charge in [0.15, 0.2) is 6.10 Å². The topological polar surface area (TPSA) is 210 Å². The lowest BCUT2D eigenvalue weighted by atomic mass is 9.85. The number of phosphoric acid groups is 1. The van der Waals surface area contributed by atoms with Crippen LogP contribution in [0.5, 0.6) is 0 Å². The fourth-order valence-corrected chi connectivity index (χ4v) is 6.43. The van der Waals surface area contributed by atoms with Gasteiger partial charge < -0.3 is 39.9 Å². The molecule has 0 radical (unpaired) electrons. The van der Waals surface area contributed by atoms with E-state index in [1.807, 2.05) is 6.92 Å². The Morgan fingerprint density at radius 1 is 0.574 bits per heavy atom. The predicted octanol–water partition coefficient (Wildman–Crippen LogP) is 4.60. The van der Waals surface area contributed by atoms with Gasteiger partial charge >= 0.3 is 19.8 Å². The van der Waals surface area contributed by atoms with Crippen LogP contribution in [0.25, 0.3) is 0 Å². The van der Waals surface area contributed by atoms with Crippen molar-refractivity contribution in [2.75, 3.05) is 13.2 Å². The van der Waals surface area contributed by atoms with Crippen LogP contribution in [0, 0.1) is 0 Å². The molecule has 0 bridgehead atoms. The molecule has 278 valence electrons. The first-order valence-corrected chi connectivity index (χ1v) is 19.3. The first-order chi connectivity index (χ1) is 22.4. The van der Waals surface area contributed by atoms with E-state index in [4.69, 9.17) is 18.5 Å². The van der Waals surface area contributed by atoms with Gasteiger partial charge in [0.1, 0.15) is 43.2 Å². The Kier molecular flexibility index (Phi) is 24.1. The molecule has 6 atom stereocenters. The molecule has 13 nitrogen and oxygen atoms in total. The number of phosphoric ester groups is 1. The van der Waals surface area contributed by atoms with Gasteiger partial charge in [0.25, 0.3) is 0 Å². The van der Waals surface area contributed by atoms with Gasteiger partial charge in [0.2, 0.25) is 0 Å². The number of hydrogen-bond acceptors (Lipinski definition) is 12. The highest BCUT2D eigenvalue weighted by atomic mass is 31.2. The Labute approximate surface area is 281 Å². The van der Waals surface area contributed by atoms with Crippen molar-refractivity contribution >= 4 is 19.8 Å². The van der Waals surface area contributed by atoms with Crippen LogP contribution in [0.3, 0.4) is 0 Å². The number of aliphatic hydroxyl groups is 5. The summed E-state index contributed by atoms with van der Waals surface area (Å²) in [6.45, 7) is 3.06. The smallest absolute Gasteiger partial charge is 0.462 e. The average molecular weight is 699 g/mol. The third kappa shape index (κ3) is 19.6. The molecule has 1 fully saturated rings. The molecular formula is C33H63O13P. The predicted molar refractivity (Wildman–Crippen MR) is 175 cm³/mol. The second kappa shape index (κ2) is 25.8. The zero-order chi connectivity index (χ0) is 35.1. The van der Waals surface area contributed by atoms with Crippen LogP contribution >= 0.6 is 7.82 Å². The zero-order valence-corrected chi connectivity index (χ0v) is 29.5. The minimum absolute atomic E-state index is 0.102. The number of esters is 2. The van der Waals surface area contributed by atoms with Crippen molar-refractivity contribution in [1.29, 1.82) is 0 Å². The van der Waals surface area contributed by atoms with Crippen LogP contribution in [0.1, 0.15) is 142 Å². The van der Waals surface area contributed by atoms with Gasteiger partial charge in [0, 0.05) is 12.8 Å². The number of carbonyl (C=O) groups is 2. The van der Waals surface area contributed by atoms with Crippen molar-refractivity contribution in [3.8, 4) is 0 Å². The van der Waals surface area contributed by atoms with Gasteiger partial charge in [-0.25, -0.2) is 4.57 Å². The summed E-state index contributed by atoms with van der Waals surface area (Å²) in [5.74, 6) is -1.12. The summed E-state index contributed by atoms with van der Waals surface area (Å²) in [6, 6.07) is 0. The molecule has 47 heavy (non-hydrogen) atoms. The Hall–Kier alpha value is -1.15. The van der Waals surface area contributed by atoms with Crippen molar-refractivity contribution in [3.05, 3.63) is 0 Å². The van der Waals surface area contributed by atoms with E-state index in [1.165, 1.54) is 70.6 Å². The number of ether oxygens (including phenoxy) is 2. The van der Waals surface area contributed by atoms with Crippen LogP contribution in [-0.4, -0.2) is 98.3 Å². The van der Waals surface area contributed by atoms with E-state index < -0.39 is 75.7 Å². The summed E-state index contributed by atoms with van der Waals surface area (Å²) < 4.78 is 32.9. The van der Waals surface area contributed by atoms with Crippen LogP contribution < -0.4 is 0 Å². The molecule has 0 saturated heterocycles. The molecule has 0 spiro atoms. The van der Waals surface area contributed by atoms with Gasteiger partial charge in [-0.05, 0) is 12.8 Å². The van der Waals surface area contributed by atoms with E-state index >= 15 is 0 Å². The minimum Gasteiger partial charge on any atom is -0.462 e. The quantitative estimate of drug-likeness (QED) is 0.0375. The normalized spacial score (nSPS) is 24.9. The van der Waals surface area contributed by atoms with Crippen LogP contribution in [0.2, 0.25) is 0 Å². The lowest BCUT2D eigenvalue weighted by molar-refractivity contribution is -0.220. The summed E-state index contributed by atoms with van der Waals surface area (Å²) in [7, 11) is -5.08. The van der Waals surface area contributed by atoms with Gasteiger partial charge in [0.05, 0.1) is 6.61 Å². The highest BCUT2D eigenvalue weighted by molar-refractivity contribution is 7.47. The highest BCUT2D eigenvalue weighted by Gasteiger charge is 2.51. The third-order valence-electron chi connectivity index (χ3n) is 8.45. The first kappa shape index (κ1) is 43.9. The Balaban J connectivity index is 2.45. The van der Waals surface area contributed by atoms with Crippen molar-refractivity contribution in [1.82, 2.24) is 0 Å². The lowest BCUT2D eigenvalue weighted by Crippen LogP contribution is -2.64. The monoisotopic (exact) mass is 698 g/mol. The van der Waals surface area contributed by atoms with E-state index in [2.05, 4.69) is 6.92 Å². The fraction of sp³-hybridized carbons (Fsp3) is 0.939. The molecule has 14 heteroatoms. The van der Waals surface area contributed by atoms with Crippen LogP contribution in [0.15, 0.2) is 0 Å².